The summed E-state index contributed by atoms with van der Waals surface area (Å²) in [6.45, 7) is 8.17. The minimum Gasteiger partial charge on any atom is -0.450 e. The summed E-state index contributed by atoms with van der Waals surface area (Å²) in [6, 6.07) is 8.09. The van der Waals surface area contributed by atoms with Crippen molar-refractivity contribution in [2.45, 2.75) is 20.8 Å². The van der Waals surface area contributed by atoms with E-state index in [1.807, 2.05) is 13.1 Å². The molecule has 1 aliphatic rings. The Bertz CT molecular complexity index is 851. The number of benzene rings is 1. The molecular formula is C20H26N4O3. The van der Waals surface area contributed by atoms with Crippen molar-refractivity contribution in [1.82, 2.24) is 19.6 Å². The lowest BCUT2D eigenvalue weighted by molar-refractivity contribution is 0.0565. The molecule has 1 aliphatic heterocycles. The number of aryl methyl sites for hydroxylation is 3. The van der Waals surface area contributed by atoms with Crippen LogP contribution in [0.2, 0.25) is 0 Å². The van der Waals surface area contributed by atoms with E-state index in [9.17, 15) is 9.59 Å². The molecule has 0 N–H and O–H groups in total. The van der Waals surface area contributed by atoms with Crippen LogP contribution in [0.4, 0.5) is 4.79 Å². The van der Waals surface area contributed by atoms with E-state index in [2.05, 4.69) is 37.1 Å². The Morgan fingerprint density at radius 3 is 2.37 bits per heavy atom. The van der Waals surface area contributed by atoms with Crippen LogP contribution in [-0.4, -0.2) is 64.4 Å². The third kappa shape index (κ3) is 3.97. The van der Waals surface area contributed by atoms with Crippen LogP contribution in [0.1, 0.15) is 28.5 Å². The van der Waals surface area contributed by atoms with Crippen molar-refractivity contribution in [2.24, 2.45) is 7.05 Å². The number of piperazine rings is 1. The first-order chi connectivity index (χ1) is 12.9. The van der Waals surface area contributed by atoms with Gasteiger partial charge in [-0.2, -0.15) is 5.10 Å². The van der Waals surface area contributed by atoms with Crippen LogP contribution in [0.25, 0.3) is 11.3 Å². The zero-order valence-corrected chi connectivity index (χ0v) is 16.4. The van der Waals surface area contributed by atoms with Crippen molar-refractivity contribution in [3.8, 4) is 11.3 Å². The summed E-state index contributed by atoms with van der Waals surface area (Å²) in [5.74, 6) is -0.106. The molecule has 27 heavy (non-hydrogen) atoms. The van der Waals surface area contributed by atoms with Gasteiger partial charge in [0.05, 0.1) is 12.3 Å². The maximum Gasteiger partial charge on any atom is 0.409 e. The number of hydrogen-bond donors (Lipinski definition) is 0. The van der Waals surface area contributed by atoms with Crippen molar-refractivity contribution in [2.75, 3.05) is 32.8 Å². The van der Waals surface area contributed by atoms with E-state index in [1.54, 1.807) is 21.4 Å². The van der Waals surface area contributed by atoms with E-state index < -0.39 is 0 Å². The molecule has 1 saturated heterocycles. The predicted octanol–water partition coefficient (Wildman–Crippen LogP) is 2.62. The van der Waals surface area contributed by atoms with Gasteiger partial charge < -0.3 is 14.5 Å². The first-order valence-corrected chi connectivity index (χ1v) is 9.23. The highest BCUT2D eigenvalue weighted by atomic mass is 16.6. The van der Waals surface area contributed by atoms with E-state index in [0.29, 0.717) is 38.5 Å². The van der Waals surface area contributed by atoms with E-state index >= 15 is 0 Å². The normalized spacial score (nSPS) is 14.4. The zero-order valence-electron chi connectivity index (χ0n) is 16.4. The number of ether oxygens (including phenoxy) is 1. The standard InChI is InChI=1S/C20H26N4O3/c1-5-27-20(26)24-10-8-23(9-11-24)19(25)17-13-18(22(4)21-17)16-7-6-14(2)12-15(16)3/h6-7,12-13H,5,8-11H2,1-4H3. The highest BCUT2D eigenvalue weighted by Gasteiger charge is 2.27. The number of rotatable bonds is 3. The molecule has 2 amide bonds. The lowest BCUT2D eigenvalue weighted by Gasteiger charge is -2.33. The highest BCUT2D eigenvalue weighted by molar-refractivity contribution is 5.93. The topological polar surface area (TPSA) is 67.7 Å². The van der Waals surface area contributed by atoms with Crippen LogP contribution in [-0.2, 0) is 11.8 Å². The molecule has 0 bridgehead atoms. The quantitative estimate of drug-likeness (QED) is 0.833. The highest BCUT2D eigenvalue weighted by Crippen LogP contribution is 2.25. The van der Waals surface area contributed by atoms with E-state index in [0.717, 1.165) is 16.8 Å². The fourth-order valence-electron chi connectivity index (χ4n) is 3.39. The third-order valence-corrected chi connectivity index (χ3v) is 4.85. The van der Waals surface area contributed by atoms with E-state index in [-0.39, 0.29) is 12.0 Å². The Morgan fingerprint density at radius 1 is 1.07 bits per heavy atom. The molecule has 2 heterocycles. The Hall–Kier alpha value is -2.83. The number of carbonyl (C=O) groups excluding carboxylic acids is 2. The summed E-state index contributed by atoms with van der Waals surface area (Å²) in [5.41, 5.74) is 4.77. The average Bonchev–Trinajstić information content (AvgIpc) is 3.03. The number of aromatic nitrogens is 2. The molecule has 0 atom stereocenters. The van der Waals surface area contributed by atoms with Crippen molar-refractivity contribution >= 4 is 12.0 Å². The van der Waals surface area contributed by atoms with E-state index in [1.165, 1.54) is 5.56 Å². The van der Waals surface area contributed by atoms with Crippen molar-refractivity contribution in [3.63, 3.8) is 0 Å². The van der Waals surface area contributed by atoms with Gasteiger partial charge >= 0.3 is 6.09 Å². The van der Waals surface area contributed by atoms with Crippen LogP contribution in [0.5, 0.6) is 0 Å². The molecular weight excluding hydrogens is 344 g/mol. The van der Waals surface area contributed by atoms with Gasteiger partial charge in [-0.15, -0.1) is 0 Å². The summed E-state index contributed by atoms with van der Waals surface area (Å²) < 4.78 is 6.77. The summed E-state index contributed by atoms with van der Waals surface area (Å²) >= 11 is 0. The van der Waals surface area contributed by atoms with Crippen LogP contribution in [0.3, 0.4) is 0 Å². The van der Waals surface area contributed by atoms with Crippen LogP contribution >= 0.6 is 0 Å². The number of nitrogens with zero attached hydrogens (tertiary/aromatic N) is 4. The SMILES string of the molecule is CCOC(=O)N1CCN(C(=O)c2cc(-c3ccc(C)cc3C)n(C)n2)CC1. The smallest absolute Gasteiger partial charge is 0.409 e. The molecule has 1 aromatic heterocycles. The molecule has 144 valence electrons. The molecule has 1 aromatic carbocycles. The minimum atomic E-state index is -0.320. The average molecular weight is 370 g/mol. The van der Waals surface area contributed by atoms with E-state index in [4.69, 9.17) is 4.74 Å². The van der Waals surface area contributed by atoms with Crippen molar-refractivity contribution in [3.05, 3.63) is 41.1 Å². The maximum absolute atomic E-state index is 12.9. The second kappa shape index (κ2) is 7.82. The molecule has 7 nitrogen and oxygen atoms in total. The molecule has 0 aliphatic carbocycles. The zero-order chi connectivity index (χ0) is 19.6. The van der Waals surface area contributed by atoms with Gasteiger partial charge in [-0.1, -0.05) is 23.8 Å². The first-order valence-electron chi connectivity index (χ1n) is 9.23. The number of hydrogen-bond acceptors (Lipinski definition) is 4. The van der Waals surface area contributed by atoms with Gasteiger partial charge in [-0.3, -0.25) is 9.48 Å². The lowest BCUT2D eigenvalue weighted by atomic mass is 10.0. The Labute approximate surface area is 159 Å². The Balaban J connectivity index is 1.73. The molecule has 0 spiro atoms. The summed E-state index contributed by atoms with van der Waals surface area (Å²) in [7, 11) is 1.85. The maximum atomic E-state index is 12.9. The first kappa shape index (κ1) is 18.9. The number of carbonyl (C=O) groups is 2. The van der Waals surface area contributed by atoms with Gasteiger partial charge in [0, 0.05) is 38.8 Å². The van der Waals surface area contributed by atoms with Gasteiger partial charge in [0.2, 0.25) is 0 Å². The lowest BCUT2D eigenvalue weighted by Crippen LogP contribution is -2.50. The largest absolute Gasteiger partial charge is 0.450 e. The predicted molar refractivity (Wildman–Crippen MR) is 103 cm³/mol. The summed E-state index contributed by atoms with van der Waals surface area (Å²) in [6.07, 6.45) is -0.320. The molecule has 2 aromatic rings. The van der Waals surface area contributed by atoms with Gasteiger partial charge in [0.15, 0.2) is 5.69 Å². The fraction of sp³-hybridized carbons (Fsp3) is 0.450. The van der Waals surface area contributed by atoms with Gasteiger partial charge in [-0.05, 0) is 32.4 Å². The van der Waals surface area contributed by atoms with Crippen molar-refractivity contribution < 1.29 is 14.3 Å². The third-order valence-electron chi connectivity index (χ3n) is 4.85. The Kier molecular flexibility index (Phi) is 5.48. The van der Waals surface area contributed by atoms with Crippen LogP contribution in [0, 0.1) is 13.8 Å². The molecule has 1 fully saturated rings. The van der Waals surface area contributed by atoms with Crippen LogP contribution < -0.4 is 0 Å². The molecule has 7 heteroatoms. The summed E-state index contributed by atoms with van der Waals surface area (Å²) in [4.78, 5) is 28.0. The van der Waals surface area contributed by atoms with Gasteiger partial charge in [0.1, 0.15) is 0 Å². The van der Waals surface area contributed by atoms with Crippen molar-refractivity contribution in [1.29, 1.82) is 0 Å². The minimum absolute atomic E-state index is 0.106. The number of amides is 2. The summed E-state index contributed by atoms with van der Waals surface area (Å²) in [5, 5.41) is 4.43. The van der Waals surface area contributed by atoms with Crippen LogP contribution in [0.15, 0.2) is 24.3 Å². The molecule has 0 saturated carbocycles. The second-order valence-electron chi connectivity index (χ2n) is 6.83. The molecule has 0 radical (unpaired) electrons. The Morgan fingerprint density at radius 2 is 1.74 bits per heavy atom. The van der Waals surface area contributed by atoms with Gasteiger partial charge in [-0.25, -0.2) is 4.79 Å². The molecule has 3 rings (SSSR count). The molecule has 0 unspecified atom stereocenters. The second-order valence-corrected chi connectivity index (χ2v) is 6.83. The monoisotopic (exact) mass is 370 g/mol. The fourth-order valence-corrected chi connectivity index (χ4v) is 3.39. The van der Waals surface area contributed by atoms with Gasteiger partial charge in [0.25, 0.3) is 5.91 Å².